The fourth-order valence-electron chi connectivity index (χ4n) is 2.47. The number of benzene rings is 1. The van der Waals surface area contributed by atoms with E-state index < -0.39 is 5.60 Å². The maximum absolute atomic E-state index is 10.1. The highest BCUT2D eigenvalue weighted by Gasteiger charge is 2.35. The molecule has 1 heterocycles. The molecule has 0 saturated carbocycles. The lowest BCUT2D eigenvalue weighted by atomic mass is 9.86. The highest BCUT2D eigenvalue weighted by atomic mass is 16.5. The van der Waals surface area contributed by atoms with Crippen LogP contribution in [0.5, 0.6) is 11.5 Å². The number of hydrogen-bond acceptors (Lipinski definition) is 4. The van der Waals surface area contributed by atoms with Crippen molar-refractivity contribution >= 4 is 5.71 Å². The summed E-state index contributed by atoms with van der Waals surface area (Å²) in [4.78, 5) is 0. The quantitative estimate of drug-likeness (QED) is 0.548. The maximum Gasteiger partial charge on any atom is 0.133 e. The summed E-state index contributed by atoms with van der Waals surface area (Å²) >= 11 is 0. The molecule has 1 aromatic rings. The first-order chi connectivity index (χ1) is 8.28. The van der Waals surface area contributed by atoms with Gasteiger partial charge >= 0.3 is 0 Å². The minimum atomic E-state index is -0.408. The third kappa shape index (κ3) is 1.72. The first-order valence-electron chi connectivity index (χ1n) is 6.01. The molecule has 98 valence electrons. The molecule has 1 aromatic carbocycles. The van der Waals surface area contributed by atoms with Gasteiger partial charge in [0.25, 0.3) is 0 Å². The lowest BCUT2D eigenvalue weighted by Gasteiger charge is -2.35. The van der Waals surface area contributed by atoms with Gasteiger partial charge in [-0.1, -0.05) is 5.16 Å². The molecule has 1 aliphatic heterocycles. The molecular weight excluding hydrogens is 230 g/mol. The van der Waals surface area contributed by atoms with Crippen molar-refractivity contribution < 1.29 is 15.1 Å². The fourth-order valence-corrected chi connectivity index (χ4v) is 2.47. The Morgan fingerprint density at radius 3 is 2.28 bits per heavy atom. The van der Waals surface area contributed by atoms with Gasteiger partial charge in [-0.15, -0.1) is 0 Å². The average Bonchev–Trinajstić information content (AvgIpc) is 2.31. The molecule has 0 aliphatic carbocycles. The number of ether oxygens (including phenoxy) is 1. The zero-order valence-electron chi connectivity index (χ0n) is 11.5. The lowest BCUT2D eigenvalue weighted by molar-refractivity contribution is 0.108. The molecule has 0 atom stereocenters. The number of phenols is 1. The predicted octanol–water partition coefficient (Wildman–Crippen LogP) is 3.06. The topological polar surface area (TPSA) is 62.1 Å². The molecule has 0 bridgehead atoms. The first kappa shape index (κ1) is 12.7. The summed E-state index contributed by atoms with van der Waals surface area (Å²) in [7, 11) is 0. The van der Waals surface area contributed by atoms with Crippen LogP contribution in [0, 0.1) is 20.8 Å². The second-order valence-corrected chi connectivity index (χ2v) is 5.51. The Balaban J connectivity index is 2.81. The van der Waals surface area contributed by atoms with Gasteiger partial charge in [-0.2, -0.15) is 0 Å². The van der Waals surface area contributed by atoms with Crippen molar-refractivity contribution in [2.24, 2.45) is 5.16 Å². The van der Waals surface area contributed by atoms with Crippen LogP contribution in [0.2, 0.25) is 0 Å². The van der Waals surface area contributed by atoms with Gasteiger partial charge in [0.05, 0.1) is 5.71 Å². The highest BCUT2D eigenvalue weighted by Crippen LogP contribution is 2.43. The Hall–Kier alpha value is -1.71. The lowest BCUT2D eigenvalue weighted by Crippen LogP contribution is -2.37. The molecule has 0 saturated heterocycles. The van der Waals surface area contributed by atoms with Crippen molar-refractivity contribution in [1.82, 2.24) is 0 Å². The number of oxime groups is 1. The second kappa shape index (κ2) is 3.90. The van der Waals surface area contributed by atoms with Crippen LogP contribution in [0.1, 0.15) is 42.5 Å². The summed E-state index contributed by atoms with van der Waals surface area (Å²) in [5.74, 6) is 0.961. The molecule has 4 heteroatoms. The van der Waals surface area contributed by atoms with E-state index in [0.717, 1.165) is 16.7 Å². The SMILES string of the molecule is Cc1c(C)c2c(c(C)c1O)C(=NO)CC(C)(C)O2. The van der Waals surface area contributed by atoms with Gasteiger partial charge in [0, 0.05) is 17.5 Å². The molecule has 4 nitrogen and oxygen atoms in total. The third-order valence-electron chi connectivity index (χ3n) is 3.60. The highest BCUT2D eigenvalue weighted by molar-refractivity contribution is 6.06. The third-order valence-corrected chi connectivity index (χ3v) is 3.60. The number of nitrogens with zero attached hydrogens (tertiary/aromatic N) is 1. The fraction of sp³-hybridized carbons (Fsp3) is 0.500. The van der Waals surface area contributed by atoms with E-state index in [0.29, 0.717) is 23.4 Å². The molecule has 0 spiro atoms. The normalized spacial score (nSPS) is 19.5. The number of aromatic hydroxyl groups is 1. The van der Waals surface area contributed by atoms with Crippen LogP contribution in [0.4, 0.5) is 0 Å². The number of phenolic OH excluding ortho intramolecular Hbond substituents is 1. The van der Waals surface area contributed by atoms with Crippen LogP contribution in [0.25, 0.3) is 0 Å². The smallest absolute Gasteiger partial charge is 0.133 e. The van der Waals surface area contributed by atoms with E-state index in [-0.39, 0.29) is 5.75 Å². The average molecular weight is 249 g/mol. The molecule has 0 radical (unpaired) electrons. The van der Waals surface area contributed by atoms with Crippen molar-refractivity contribution in [2.45, 2.75) is 46.6 Å². The van der Waals surface area contributed by atoms with E-state index in [1.807, 2.05) is 34.6 Å². The molecule has 2 rings (SSSR count). The van der Waals surface area contributed by atoms with Gasteiger partial charge in [0.15, 0.2) is 0 Å². The van der Waals surface area contributed by atoms with E-state index >= 15 is 0 Å². The van der Waals surface area contributed by atoms with E-state index in [4.69, 9.17) is 4.74 Å². The Bertz CT molecular complexity index is 545. The van der Waals surface area contributed by atoms with Gasteiger partial charge in [0.2, 0.25) is 0 Å². The van der Waals surface area contributed by atoms with Crippen molar-refractivity contribution in [3.8, 4) is 11.5 Å². The van der Waals surface area contributed by atoms with Crippen LogP contribution in [-0.2, 0) is 0 Å². The molecule has 18 heavy (non-hydrogen) atoms. The van der Waals surface area contributed by atoms with Crippen LogP contribution < -0.4 is 4.74 Å². The van der Waals surface area contributed by atoms with Gasteiger partial charge in [-0.05, 0) is 45.7 Å². The van der Waals surface area contributed by atoms with Crippen LogP contribution in [-0.4, -0.2) is 21.6 Å². The zero-order chi connectivity index (χ0) is 13.7. The molecule has 0 fully saturated rings. The number of hydrogen-bond donors (Lipinski definition) is 2. The molecule has 2 N–H and O–H groups in total. The monoisotopic (exact) mass is 249 g/mol. The molecule has 1 aliphatic rings. The summed E-state index contributed by atoms with van der Waals surface area (Å²) in [5.41, 5.74) is 3.28. The Kier molecular flexibility index (Phi) is 2.76. The number of rotatable bonds is 0. The summed E-state index contributed by atoms with van der Waals surface area (Å²) in [6.45, 7) is 9.49. The standard InChI is InChI=1S/C14H19NO3/c1-7-8(2)13-11(9(3)12(7)16)10(15-17)6-14(4,5)18-13/h16-17H,6H2,1-5H3. The van der Waals surface area contributed by atoms with Crippen LogP contribution in [0.15, 0.2) is 5.16 Å². The summed E-state index contributed by atoms with van der Waals surface area (Å²) in [6.07, 6.45) is 0.513. The largest absolute Gasteiger partial charge is 0.507 e. The maximum atomic E-state index is 10.1. The molecule has 0 unspecified atom stereocenters. The van der Waals surface area contributed by atoms with Crippen molar-refractivity contribution in [3.05, 3.63) is 22.3 Å². The molecular formula is C14H19NO3. The molecule has 0 aromatic heterocycles. The number of fused-ring (bicyclic) bond motifs is 1. The van der Waals surface area contributed by atoms with Gasteiger partial charge < -0.3 is 15.1 Å². The van der Waals surface area contributed by atoms with E-state index in [2.05, 4.69) is 5.16 Å². The second-order valence-electron chi connectivity index (χ2n) is 5.51. The van der Waals surface area contributed by atoms with Gasteiger partial charge in [-0.3, -0.25) is 0 Å². The molecule has 0 amide bonds. The van der Waals surface area contributed by atoms with Crippen molar-refractivity contribution in [2.75, 3.05) is 0 Å². The van der Waals surface area contributed by atoms with Gasteiger partial charge in [0.1, 0.15) is 17.1 Å². The predicted molar refractivity (Wildman–Crippen MR) is 70.0 cm³/mol. The van der Waals surface area contributed by atoms with Crippen molar-refractivity contribution in [3.63, 3.8) is 0 Å². The Morgan fingerprint density at radius 2 is 1.72 bits per heavy atom. The first-order valence-corrected chi connectivity index (χ1v) is 6.01. The van der Waals surface area contributed by atoms with Crippen LogP contribution >= 0.6 is 0 Å². The minimum Gasteiger partial charge on any atom is -0.507 e. The van der Waals surface area contributed by atoms with E-state index in [1.165, 1.54) is 0 Å². The Labute approximate surface area is 107 Å². The van der Waals surface area contributed by atoms with Crippen LogP contribution in [0.3, 0.4) is 0 Å². The zero-order valence-corrected chi connectivity index (χ0v) is 11.5. The van der Waals surface area contributed by atoms with Gasteiger partial charge in [-0.25, -0.2) is 0 Å². The van der Waals surface area contributed by atoms with E-state index in [9.17, 15) is 10.3 Å². The van der Waals surface area contributed by atoms with Crippen molar-refractivity contribution in [1.29, 1.82) is 0 Å². The summed E-state index contributed by atoms with van der Waals surface area (Å²) in [5, 5.41) is 22.7. The van der Waals surface area contributed by atoms with E-state index in [1.54, 1.807) is 0 Å². The minimum absolute atomic E-state index is 0.246. The Morgan fingerprint density at radius 1 is 1.11 bits per heavy atom. The summed E-state index contributed by atoms with van der Waals surface area (Å²) in [6, 6.07) is 0. The summed E-state index contributed by atoms with van der Waals surface area (Å²) < 4.78 is 6.00.